The minimum atomic E-state index is -1.43. The van der Waals surface area contributed by atoms with Crippen LogP contribution in [0.5, 0.6) is 0 Å². The molecule has 0 spiro atoms. The van der Waals surface area contributed by atoms with Crippen LogP contribution in [0.4, 0.5) is 0 Å². The van der Waals surface area contributed by atoms with Gasteiger partial charge in [0.15, 0.2) is 0 Å². The fourth-order valence-electron chi connectivity index (χ4n) is 2.34. The van der Waals surface area contributed by atoms with Crippen molar-refractivity contribution in [2.75, 3.05) is 13.1 Å². The van der Waals surface area contributed by atoms with E-state index in [1.54, 1.807) is 18.2 Å². The van der Waals surface area contributed by atoms with Crippen LogP contribution >= 0.6 is 11.6 Å². The second kappa shape index (κ2) is 6.07. The van der Waals surface area contributed by atoms with Crippen LogP contribution in [0.25, 0.3) is 0 Å². The average Bonchev–Trinajstić information content (AvgIpc) is 2.34. The lowest BCUT2D eigenvalue weighted by atomic mass is 9.79. The average molecular weight is 268 g/mol. The van der Waals surface area contributed by atoms with Gasteiger partial charge in [0.2, 0.25) is 0 Å². The SMILES string of the molecule is CC1CCN(Cc2cc(B(O)O)ccc2Cl)CC1. The van der Waals surface area contributed by atoms with Crippen molar-refractivity contribution in [1.82, 2.24) is 4.90 Å². The number of likely N-dealkylation sites (tertiary alicyclic amines) is 1. The van der Waals surface area contributed by atoms with E-state index < -0.39 is 7.12 Å². The van der Waals surface area contributed by atoms with E-state index >= 15 is 0 Å². The van der Waals surface area contributed by atoms with Crippen molar-refractivity contribution < 1.29 is 10.0 Å². The van der Waals surface area contributed by atoms with Gasteiger partial charge in [0.1, 0.15) is 0 Å². The molecule has 3 nitrogen and oxygen atoms in total. The predicted molar refractivity (Wildman–Crippen MR) is 75.0 cm³/mol. The zero-order chi connectivity index (χ0) is 13.1. The van der Waals surface area contributed by atoms with Gasteiger partial charge in [-0.15, -0.1) is 0 Å². The Hall–Kier alpha value is -0.545. The van der Waals surface area contributed by atoms with Gasteiger partial charge in [-0.25, -0.2) is 0 Å². The van der Waals surface area contributed by atoms with Gasteiger partial charge in [-0.3, -0.25) is 4.90 Å². The van der Waals surface area contributed by atoms with E-state index in [4.69, 9.17) is 11.6 Å². The Morgan fingerprint density at radius 3 is 2.61 bits per heavy atom. The summed E-state index contributed by atoms with van der Waals surface area (Å²) in [6, 6.07) is 5.16. The van der Waals surface area contributed by atoms with Gasteiger partial charge >= 0.3 is 7.12 Å². The summed E-state index contributed by atoms with van der Waals surface area (Å²) >= 11 is 6.16. The Kier molecular flexibility index (Phi) is 4.68. The number of nitrogens with zero attached hydrogens (tertiary/aromatic N) is 1. The number of rotatable bonds is 3. The summed E-state index contributed by atoms with van der Waals surface area (Å²) in [5, 5.41) is 19.0. The van der Waals surface area contributed by atoms with E-state index in [1.807, 2.05) is 0 Å². The lowest BCUT2D eigenvalue weighted by Crippen LogP contribution is -2.34. The highest BCUT2D eigenvalue weighted by atomic mass is 35.5. The van der Waals surface area contributed by atoms with Crippen LogP contribution in [0.3, 0.4) is 0 Å². The molecule has 1 fully saturated rings. The summed E-state index contributed by atoms with van der Waals surface area (Å²) in [7, 11) is -1.43. The molecule has 1 saturated heterocycles. The second-order valence-electron chi connectivity index (χ2n) is 5.18. The fraction of sp³-hybridized carbons (Fsp3) is 0.538. The van der Waals surface area contributed by atoms with Gasteiger partial charge in [-0.2, -0.15) is 0 Å². The predicted octanol–water partition coefficient (Wildman–Crippen LogP) is 1.25. The molecule has 2 rings (SSSR count). The minimum absolute atomic E-state index is 0.500. The molecule has 1 aromatic carbocycles. The maximum Gasteiger partial charge on any atom is 0.488 e. The maximum atomic E-state index is 9.18. The van der Waals surface area contributed by atoms with Crippen LogP contribution in [0.1, 0.15) is 25.3 Å². The number of piperidine rings is 1. The van der Waals surface area contributed by atoms with Gasteiger partial charge in [0.05, 0.1) is 0 Å². The number of hydrogen-bond donors (Lipinski definition) is 2. The second-order valence-corrected chi connectivity index (χ2v) is 5.59. The standard InChI is InChI=1S/C13H19BClNO2/c1-10-4-6-16(7-5-10)9-11-8-12(14(17)18)2-3-13(11)15/h2-3,8,10,17-18H,4-7,9H2,1H3. The van der Waals surface area contributed by atoms with E-state index in [-0.39, 0.29) is 0 Å². The number of halogens is 1. The van der Waals surface area contributed by atoms with Gasteiger partial charge in [-0.05, 0) is 48.9 Å². The van der Waals surface area contributed by atoms with Crippen LogP contribution in [-0.2, 0) is 6.54 Å². The van der Waals surface area contributed by atoms with Gasteiger partial charge in [0, 0.05) is 11.6 Å². The molecule has 5 heteroatoms. The van der Waals surface area contributed by atoms with Crippen LogP contribution in [-0.4, -0.2) is 35.2 Å². The van der Waals surface area contributed by atoms with Gasteiger partial charge in [-0.1, -0.05) is 30.7 Å². The minimum Gasteiger partial charge on any atom is -0.423 e. The molecule has 1 aliphatic rings. The van der Waals surface area contributed by atoms with Crippen LogP contribution in [0.15, 0.2) is 18.2 Å². The van der Waals surface area contributed by atoms with Crippen molar-refractivity contribution in [2.24, 2.45) is 5.92 Å². The van der Waals surface area contributed by atoms with Crippen molar-refractivity contribution in [3.8, 4) is 0 Å². The highest BCUT2D eigenvalue weighted by molar-refractivity contribution is 6.58. The molecule has 0 aliphatic carbocycles. The molecule has 0 bridgehead atoms. The highest BCUT2D eigenvalue weighted by Gasteiger charge is 2.18. The Morgan fingerprint density at radius 2 is 2.00 bits per heavy atom. The van der Waals surface area contributed by atoms with E-state index in [0.717, 1.165) is 31.1 Å². The monoisotopic (exact) mass is 267 g/mol. The first-order valence-electron chi connectivity index (χ1n) is 6.43. The molecule has 0 saturated carbocycles. The Morgan fingerprint density at radius 1 is 1.33 bits per heavy atom. The number of hydrogen-bond acceptors (Lipinski definition) is 3. The topological polar surface area (TPSA) is 43.7 Å². The van der Waals surface area contributed by atoms with Crippen molar-refractivity contribution in [3.05, 3.63) is 28.8 Å². The third kappa shape index (κ3) is 3.48. The van der Waals surface area contributed by atoms with E-state index in [0.29, 0.717) is 10.5 Å². The first-order chi connectivity index (χ1) is 8.56. The molecule has 0 amide bonds. The molecule has 0 radical (unpaired) electrons. The van der Waals surface area contributed by atoms with Crippen LogP contribution in [0, 0.1) is 5.92 Å². The molecular formula is C13H19BClNO2. The largest absolute Gasteiger partial charge is 0.488 e. The Balaban J connectivity index is 2.06. The van der Waals surface area contributed by atoms with Gasteiger partial charge in [0.25, 0.3) is 0 Å². The first-order valence-corrected chi connectivity index (χ1v) is 6.81. The lowest BCUT2D eigenvalue weighted by molar-refractivity contribution is 0.185. The molecule has 0 aromatic heterocycles. The summed E-state index contributed by atoms with van der Waals surface area (Å²) in [6.45, 7) is 5.24. The van der Waals surface area contributed by atoms with Crippen molar-refractivity contribution in [3.63, 3.8) is 0 Å². The summed E-state index contributed by atoms with van der Waals surface area (Å²) in [4.78, 5) is 2.37. The third-order valence-corrected chi connectivity index (χ3v) is 4.01. The Bertz CT molecular complexity index is 406. The van der Waals surface area contributed by atoms with E-state index in [9.17, 15) is 10.0 Å². The summed E-state index contributed by atoms with van der Waals surface area (Å²) in [5.41, 5.74) is 1.47. The van der Waals surface area contributed by atoms with E-state index in [1.165, 1.54) is 12.8 Å². The van der Waals surface area contributed by atoms with Crippen LogP contribution < -0.4 is 5.46 Å². The molecule has 1 aliphatic heterocycles. The number of benzene rings is 1. The zero-order valence-corrected chi connectivity index (χ0v) is 11.4. The fourth-order valence-corrected chi connectivity index (χ4v) is 2.51. The zero-order valence-electron chi connectivity index (χ0n) is 10.6. The summed E-state index contributed by atoms with van der Waals surface area (Å²) < 4.78 is 0. The smallest absolute Gasteiger partial charge is 0.423 e. The Labute approximate surface area is 114 Å². The highest BCUT2D eigenvalue weighted by Crippen LogP contribution is 2.21. The molecule has 1 heterocycles. The molecule has 2 N–H and O–H groups in total. The van der Waals surface area contributed by atoms with Crippen molar-refractivity contribution in [1.29, 1.82) is 0 Å². The van der Waals surface area contributed by atoms with Gasteiger partial charge < -0.3 is 10.0 Å². The van der Waals surface area contributed by atoms with Crippen LogP contribution in [0.2, 0.25) is 5.02 Å². The van der Waals surface area contributed by atoms with Crippen molar-refractivity contribution in [2.45, 2.75) is 26.3 Å². The maximum absolute atomic E-state index is 9.18. The quantitative estimate of drug-likeness (QED) is 0.810. The molecule has 18 heavy (non-hydrogen) atoms. The molecular weight excluding hydrogens is 248 g/mol. The summed E-state index contributed by atoms with van der Waals surface area (Å²) in [5.74, 6) is 0.808. The molecule has 0 atom stereocenters. The molecule has 0 unspecified atom stereocenters. The third-order valence-electron chi connectivity index (χ3n) is 3.64. The normalized spacial score (nSPS) is 18.0. The lowest BCUT2D eigenvalue weighted by Gasteiger charge is -2.30. The van der Waals surface area contributed by atoms with Crippen molar-refractivity contribution >= 4 is 24.2 Å². The molecule has 1 aromatic rings. The van der Waals surface area contributed by atoms with E-state index in [2.05, 4.69) is 11.8 Å². The first kappa shape index (κ1) is 13.9. The molecule has 98 valence electrons. The summed E-state index contributed by atoms with van der Waals surface area (Å²) in [6.07, 6.45) is 2.44.